The monoisotopic (exact) mass is 514 g/mol. The first-order valence-corrected chi connectivity index (χ1v) is 13.8. The second-order valence-corrected chi connectivity index (χ2v) is 14.1. The predicted molar refractivity (Wildman–Crippen MR) is 135 cm³/mol. The van der Waals surface area contributed by atoms with Gasteiger partial charge in [-0.05, 0) is 91.4 Å². The number of nitrogens with zero attached hydrogens (tertiary/aromatic N) is 1. The summed E-state index contributed by atoms with van der Waals surface area (Å²) < 4.78 is 28.1. The number of carbonyl (C=O) groups excluding carboxylic acids is 2. The number of halogens is 2. The normalized spacial score (nSPS) is 42.9. The first-order valence-electron chi connectivity index (χ1n) is 13.8. The molecule has 3 saturated carbocycles. The number of nitrogens with one attached hydrogen (secondary N) is 1. The van der Waals surface area contributed by atoms with Crippen LogP contribution in [0.4, 0.5) is 8.78 Å². The van der Waals surface area contributed by atoms with Crippen LogP contribution in [0.2, 0.25) is 0 Å². The SMILES string of the molecule is CC1(C)CCC2(NC(=O)C(C)(F)F)CCC3C(C(=O)C=C4C5(C)CC(C#N)=C(O)CC5CCC43C)C2C1. The molecule has 5 aliphatic carbocycles. The number of aliphatic hydroxyl groups excluding tert-OH is 1. The van der Waals surface area contributed by atoms with Crippen molar-refractivity contribution in [3.05, 3.63) is 23.0 Å². The van der Waals surface area contributed by atoms with E-state index in [2.05, 4.69) is 39.1 Å². The minimum atomic E-state index is -3.47. The van der Waals surface area contributed by atoms with Crippen LogP contribution in [0.5, 0.6) is 0 Å². The minimum absolute atomic E-state index is 0.0425. The Morgan fingerprint density at radius 2 is 1.81 bits per heavy atom. The summed E-state index contributed by atoms with van der Waals surface area (Å²) in [6.45, 7) is 9.39. The van der Waals surface area contributed by atoms with E-state index in [-0.39, 0.29) is 51.5 Å². The molecule has 0 aliphatic heterocycles. The molecular weight excluding hydrogens is 474 g/mol. The van der Waals surface area contributed by atoms with Crippen LogP contribution in [-0.4, -0.2) is 28.3 Å². The smallest absolute Gasteiger partial charge is 0.321 e. The Bertz CT molecular complexity index is 1140. The minimum Gasteiger partial charge on any atom is -0.511 e. The molecule has 3 fully saturated rings. The second kappa shape index (κ2) is 8.13. The van der Waals surface area contributed by atoms with Gasteiger partial charge in [-0.2, -0.15) is 14.0 Å². The molecule has 0 bridgehead atoms. The van der Waals surface area contributed by atoms with Crippen molar-refractivity contribution in [3.63, 3.8) is 0 Å². The van der Waals surface area contributed by atoms with Crippen LogP contribution >= 0.6 is 0 Å². The molecule has 2 N–H and O–H groups in total. The van der Waals surface area contributed by atoms with E-state index in [1.807, 2.05) is 6.08 Å². The molecule has 0 aromatic rings. The summed E-state index contributed by atoms with van der Waals surface area (Å²) in [4.78, 5) is 26.6. The van der Waals surface area contributed by atoms with E-state index in [9.17, 15) is 28.7 Å². The summed E-state index contributed by atoms with van der Waals surface area (Å²) in [5, 5.41) is 22.9. The van der Waals surface area contributed by atoms with Gasteiger partial charge in [-0.3, -0.25) is 9.59 Å². The molecule has 0 heterocycles. The van der Waals surface area contributed by atoms with Crippen LogP contribution in [-0.2, 0) is 9.59 Å². The number of alkyl halides is 2. The zero-order valence-corrected chi connectivity index (χ0v) is 22.7. The summed E-state index contributed by atoms with van der Waals surface area (Å²) >= 11 is 0. The summed E-state index contributed by atoms with van der Waals surface area (Å²) in [5.41, 5.74) is 0.0671. The van der Waals surface area contributed by atoms with Gasteiger partial charge < -0.3 is 10.4 Å². The summed E-state index contributed by atoms with van der Waals surface area (Å²) in [5.74, 6) is -4.76. The van der Waals surface area contributed by atoms with E-state index < -0.39 is 17.4 Å². The molecule has 0 radical (unpaired) electrons. The molecule has 7 atom stereocenters. The first kappa shape index (κ1) is 26.4. The maximum atomic E-state index is 14.1. The Kier molecular flexibility index (Phi) is 5.80. The van der Waals surface area contributed by atoms with Crippen LogP contribution < -0.4 is 5.32 Å². The van der Waals surface area contributed by atoms with Crippen molar-refractivity contribution in [1.82, 2.24) is 5.32 Å². The second-order valence-electron chi connectivity index (χ2n) is 14.1. The lowest BCUT2D eigenvalue weighted by atomic mass is 9.40. The van der Waals surface area contributed by atoms with E-state index in [1.54, 1.807) is 0 Å². The van der Waals surface area contributed by atoms with Crippen LogP contribution in [0.1, 0.15) is 92.4 Å². The van der Waals surface area contributed by atoms with Gasteiger partial charge in [-0.25, -0.2) is 0 Å². The van der Waals surface area contributed by atoms with Crippen molar-refractivity contribution in [2.45, 2.75) is 104 Å². The van der Waals surface area contributed by atoms with E-state index in [0.29, 0.717) is 51.0 Å². The molecule has 0 aromatic heterocycles. The van der Waals surface area contributed by atoms with Crippen molar-refractivity contribution in [3.8, 4) is 6.07 Å². The standard InChI is InChI=1S/C30H40F2N2O3/c1-26(2)10-11-30(34-25(37)29(5,31)32)9-7-19-24(20(30)15-26)22(36)13-23-27(19,3)8-6-18-12-21(35)17(16-33)14-28(18,23)4/h13,18-20,24,35H,6-12,14-15H2,1-5H3,(H,34,37). The molecule has 5 aliphatic rings. The Balaban J connectivity index is 1.57. The van der Waals surface area contributed by atoms with Gasteiger partial charge in [0.05, 0.1) is 11.6 Å². The molecule has 5 nitrogen and oxygen atoms in total. The fourth-order valence-corrected chi connectivity index (χ4v) is 9.21. The van der Waals surface area contributed by atoms with Crippen molar-refractivity contribution < 1.29 is 23.5 Å². The van der Waals surface area contributed by atoms with E-state index in [1.165, 1.54) is 0 Å². The molecule has 0 aromatic carbocycles. The van der Waals surface area contributed by atoms with Crippen molar-refractivity contribution in [1.29, 1.82) is 5.26 Å². The van der Waals surface area contributed by atoms with Crippen LogP contribution in [0.3, 0.4) is 0 Å². The molecule has 7 heteroatoms. The number of ketones is 1. The van der Waals surface area contributed by atoms with Gasteiger partial charge >= 0.3 is 5.92 Å². The number of hydrogen-bond donors (Lipinski definition) is 2. The Hall–Kier alpha value is -2.23. The number of rotatable bonds is 2. The van der Waals surface area contributed by atoms with E-state index in [0.717, 1.165) is 24.8 Å². The maximum absolute atomic E-state index is 14.1. The summed E-state index contributed by atoms with van der Waals surface area (Å²) in [7, 11) is 0. The van der Waals surface area contributed by atoms with Crippen LogP contribution in [0.25, 0.3) is 0 Å². The first-order chi connectivity index (χ1) is 17.1. The number of amides is 1. The fraction of sp³-hybridized carbons (Fsp3) is 0.767. The van der Waals surface area contributed by atoms with E-state index in [4.69, 9.17) is 0 Å². The molecule has 37 heavy (non-hydrogen) atoms. The highest BCUT2D eigenvalue weighted by Gasteiger charge is 2.64. The molecular formula is C30H40F2N2O3. The Labute approximate surface area is 218 Å². The predicted octanol–water partition coefficient (Wildman–Crippen LogP) is 6.41. The third-order valence-electron chi connectivity index (χ3n) is 11.3. The topological polar surface area (TPSA) is 90.2 Å². The Morgan fingerprint density at radius 3 is 2.46 bits per heavy atom. The fourth-order valence-electron chi connectivity index (χ4n) is 9.21. The number of hydrogen-bond acceptors (Lipinski definition) is 4. The number of carbonyl (C=O) groups is 2. The van der Waals surface area contributed by atoms with Gasteiger partial charge in [-0.15, -0.1) is 0 Å². The average molecular weight is 515 g/mol. The molecule has 0 spiro atoms. The zero-order chi connectivity index (χ0) is 27.2. The van der Waals surface area contributed by atoms with Gasteiger partial charge in [0.15, 0.2) is 5.78 Å². The quantitative estimate of drug-likeness (QED) is 0.446. The number of nitriles is 1. The number of aliphatic hydroxyl groups is 1. The molecule has 202 valence electrons. The van der Waals surface area contributed by atoms with Crippen LogP contribution in [0, 0.1) is 51.2 Å². The molecule has 5 rings (SSSR count). The van der Waals surface area contributed by atoms with Crippen molar-refractivity contribution in [2.24, 2.45) is 39.9 Å². The van der Waals surface area contributed by atoms with Crippen LogP contribution in [0.15, 0.2) is 23.0 Å². The molecule has 7 unspecified atom stereocenters. The maximum Gasteiger partial charge on any atom is 0.321 e. The highest BCUT2D eigenvalue weighted by Crippen LogP contribution is 2.68. The lowest BCUT2D eigenvalue weighted by Gasteiger charge is -2.64. The third-order valence-corrected chi connectivity index (χ3v) is 11.3. The van der Waals surface area contributed by atoms with E-state index >= 15 is 0 Å². The summed E-state index contributed by atoms with van der Waals surface area (Å²) in [6, 6.07) is 2.18. The van der Waals surface area contributed by atoms with Crippen molar-refractivity contribution >= 4 is 11.7 Å². The highest BCUT2D eigenvalue weighted by molar-refractivity contribution is 5.95. The van der Waals surface area contributed by atoms with Gasteiger partial charge in [-0.1, -0.05) is 33.3 Å². The summed E-state index contributed by atoms with van der Waals surface area (Å²) in [6.07, 6.45) is 7.96. The largest absolute Gasteiger partial charge is 0.511 e. The molecule has 1 amide bonds. The van der Waals surface area contributed by atoms with Crippen molar-refractivity contribution in [2.75, 3.05) is 0 Å². The third kappa shape index (κ3) is 3.88. The molecule has 0 saturated heterocycles. The lowest BCUT2D eigenvalue weighted by Crippen LogP contribution is -2.67. The number of fused-ring (bicyclic) bond motifs is 7. The van der Waals surface area contributed by atoms with Gasteiger partial charge in [0, 0.05) is 24.8 Å². The zero-order valence-electron chi connectivity index (χ0n) is 22.7. The van der Waals surface area contributed by atoms with Gasteiger partial charge in [0.2, 0.25) is 0 Å². The Morgan fingerprint density at radius 1 is 1.11 bits per heavy atom. The number of allylic oxidation sites excluding steroid dienone is 4. The average Bonchev–Trinajstić information content (AvgIpc) is 2.80. The van der Waals surface area contributed by atoms with Gasteiger partial charge in [0.1, 0.15) is 5.76 Å². The lowest BCUT2D eigenvalue weighted by molar-refractivity contribution is -0.155. The highest BCUT2D eigenvalue weighted by atomic mass is 19.3. The van der Waals surface area contributed by atoms with Gasteiger partial charge in [0.25, 0.3) is 5.91 Å².